The van der Waals surface area contributed by atoms with Crippen molar-refractivity contribution in [2.45, 2.75) is 271 Å². The summed E-state index contributed by atoms with van der Waals surface area (Å²) in [7, 11) is 0. The van der Waals surface area contributed by atoms with Crippen LogP contribution in [-0.4, -0.2) is 37.2 Å². The molecule has 0 aliphatic carbocycles. The lowest BCUT2D eigenvalue weighted by atomic mass is 10.0. The highest BCUT2D eigenvalue weighted by atomic mass is 16.6. The Bertz CT molecular complexity index is 1780. The fourth-order valence-corrected chi connectivity index (χ4v) is 8.26. The van der Waals surface area contributed by atoms with Crippen LogP contribution in [0.4, 0.5) is 0 Å². The number of carbonyl (C=O) groups excluding carboxylic acids is 3. The van der Waals surface area contributed by atoms with Crippen molar-refractivity contribution < 1.29 is 28.6 Å². The van der Waals surface area contributed by atoms with Crippen LogP contribution in [0.25, 0.3) is 0 Å². The van der Waals surface area contributed by atoms with Crippen LogP contribution in [0.5, 0.6) is 0 Å². The second-order valence-electron chi connectivity index (χ2n) is 20.5. The third-order valence-corrected chi connectivity index (χ3v) is 13.0. The largest absolute Gasteiger partial charge is 0.462 e. The van der Waals surface area contributed by atoms with Crippen LogP contribution in [0.2, 0.25) is 0 Å². The molecule has 0 fully saturated rings. The van der Waals surface area contributed by atoms with Crippen LogP contribution in [0.15, 0.2) is 158 Å². The molecule has 0 radical (unpaired) electrons. The van der Waals surface area contributed by atoms with Gasteiger partial charge in [0.1, 0.15) is 13.2 Å². The fourth-order valence-electron chi connectivity index (χ4n) is 8.26. The van der Waals surface area contributed by atoms with Crippen LogP contribution in [0, 0.1) is 0 Å². The molecule has 6 heteroatoms. The van der Waals surface area contributed by atoms with E-state index in [4.69, 9.17) is 14.2 Å². The molecule has 0 heterocycles. The number of carbonyl (C=O) groups is 3. The van der Waals surface area contributed by atoms with Crippen molar-refractivity contribution in [1.29, 1.82) is 0 Å². The van der Waals surface area contributed by atoms with Crippen molar-refractivity contribution >= 4 is 17.9 Å². The van der Waals surface area contributed by atoms with E-state index in [0.29, 0.717) is 19.3 Å². The van der Waals surface area contributed by atoms with Gasteiger partial charge in [0.25, 0.3) is 0 Å². The number of hydrogen-bond donors (Lipinski definition) is 0. The molecule has 0 saturated carbocycles. The number of rotatable bonds is 56. The molecule has 0 aromatic heterocycles. The summed E-state index contributed by atoms with van der Waals surface area (Å²) >= 11 is 0. The molecule has 0 rings (SSSR count). The Morgan fingerprint density at radius 3 is 0.823 bits per heavy atom. The standard InChI is InChI=1S/C73H116O6/c1-4-7-10-13-16-19-22-24-26-28-30-32-34-35-36-37-39-40-42-44-46-48-51-54-57-60-63-66-72(75)78-69-70(68-77-71(74)65-62-59-56-53-50-21-18-15-12-9-6-3)79-73(76)67-64-61-58-55-52-49-47-45-43-41-38-33-31-29-27-25-23-20-17-14-11-8-5-2/h7-8,10-11,15-20,24-27,30-33,35-36,41,43,47,49,55,58,70H,4-6,9,12-14,21-23,28-29,34,37-40,42,44-46,48,50-54,56-57,59-69H2,1-3H3/b10-7-,11-8-,18-15-,19-16-,20-17-,26-24-,27-25-,32-30-,33-31-,36-35-,43-41-,49-47-,58-55-. The minimum absolute atomic E-state index is 0.111. The Kier molecular flexibility index (Phi) is 61.4. The number of hydrogen-bond acceptors (Lipinski definition) is 6. The van der Waals surface area contributed by atoms with Crippen molar-refractivity contribution in [3.05, 3.63) is 158 Å². The van der Waals surface area contributed by atoms with E-state index in [-0.39, 0.29) is 37.5 Å². The van der Waals surface area contributed by atoms with E-state index in [2.05, 4.69) is 179 Å². The first-order valence-corrected chi connectivity index (χ1v) is 32.0. The topological polar surface area (TPSA) is 78.9 Å². The third kappa shape index (κ3) is 63.7. The van der Waals surface area contributed by atoms with E-state index >= 15 is 0 Å². The van der Waals surface area contributed by atoms with Gasteiger partial charge in [-0.1, -0.05) is 269 Å². The van der Waals surface area contributed by atoms with Crippen LogP contribution >= 0.6 is 0 Å². The minimum atomic E-state index is -0.821. The summed E-state index contributed by atoms with van der Waals surface area (Å²) in [5.41, 5.74) is 0. The van der Waals surface area contributed by atoms with E-state index in [1.54, 1.807) is 0 Å². The lowest BCUT2D eigenvalue weighted by Crippen LogP contribution is -2.30. The molecule has 0 aromatic carbocycles. The maximum Gasteiger partial charge on any atom is 0.306 e. The molecular weight excluding hydrogens is 973 g/mol. The summed E-state index contributed by atoms with van der Waals surface area (Å²) in [6, 6.07) is 0. The van der Waals surface area contributed by atoms with Crippen LogP contribution in [-0.2, 0) is 28.6 Å². The van der Waals surface area contributed by atoms with Crippen molar-refractivity contribution in [3.8, 4) is 0 Å². The van der Waals surface area contributed by atoms with Gasteiger partial charge in [0.2, 0.25) is 0 Å². The van der Waals surface area contributed by atoms with Crippen LogP contribution < -0.4 is 0 Å². The second-order valence-corrected chi connectivity index (χ2v) is 20.5. The Hall–Kier alpha value is -4.97. The quantitative estimate of drug-likeness (QED) is 0.0261. The maximum absolute atomic E-state index is 12.9. The van der Waals surface area contributed by atoms with Gasteiger partial charge in [-0.2, -0.15) is 0 Å². The van der Waals surface area contributed by atoms with Gasteiger partial charge in [0.15, 0.2) is 6.10 Å². The van der Waals surface area contributed by atoms with Crippen molar-refractivity contribution in [2.24, 2.45) is 0 Å². The monoisotopic (exact) mass is 1090 g/mol. The van der Waals surface area contributed by atoms with Crippen LogP contribution in [0.1, 0.15) is 265 Å². The highest BCUT2D eigenvalue weighted by Gasteiger charge is 2.19. The average Bonchev–Trinajstić information content (AvgIpc) is 3.45. The Balaban J connectivity index is 4.40. The molecule has 0 N–H and O–H groups in total. The van der Waals surface area contributed by atoms with E-state index in [1.807, 2.05) is 0 Å². The third-order valence-electron chi connectivity index (χ3n) is 13.0. The van der Waals surface area contributed by atoms with Gasteiger partial charge >= 0.3 is 17.9 Å². The van der Waals surface area contributed by atoms with Gasteiger partial charge in [-0.3, -0.25) is 14.4 Å². The lowest BCUT2D eigenvalue weighted by Gasteiger charge is -2.18. The molecule has 0 bridgehead atoms. The average molecular weight is 1090 g/mol. The maximum atomic E-state index is 12.9. The van der Waals surface area contributed by atoms with E-state index in [9.17, 15) is 14.4 Å². The number of ether oxygens (including phenoxy) is 3. The van der Waals surface area contributed by atoms with Gasteiger partial charge in [-0.15, -0.1) is 0 Å². The zero-order chi connectivity index (χ0) is 57.1. The molecule has 1 unspecified atom stereocenters. The molecule has 1 atom stereocenters. The number of esters is 3. The highest BCUT2D eigenvalue weighted by Crippen LogP contribution is 2.15. The summed E-state index contributed by atoms with van der Waals surface area (Å²) in [5, 5.41) is 0. The zero-order valence-corrected chi connectivity index (χ0v) is 50.8. The molecule has 0 spiro atoms. The van der Waals surface area contributed by atoms with Gasteiger partial charge in [0, 0.05) is 19.3 Å². The molecule has 0 amide bonds. The highest BCUT2D eigenvalue weighted by molar-refractivity contribution is 5.71. The van der Waals surface area contributed by atoms with E-state index in [1.165, 1.54) is 83.5 Å². The number of allylic oxidation sites excluding steroid dienone is 26. The van der Waals surface area contributed by atoms with Gasteiger partial charge in [0.05, 0.1) is 0 Å². The predicted molar refractivity (Wildman–Crippen MR) is 343 cm³/mol. The number of unbranched alkanes of at least 4 members (excludes halogenated alkanes) is 19. The van der Waals surface area contributed by atoms with Gasteiger partial charge < -0.3 is 14.2 Å². The summed E-state index contributed by atoms with van der Waals surface area (Å²) in [6.45, 7) is 6.31. The Labute approximate surface area is 486 Å². The van der Waals surface area contributed by atoms with Gasteiger partial charge in [-0.25, -0.2) is 0 Å². The SMILES string of the molecule is CC/C=C\C/C=C\C/C=C\C/C=C\C/C=C\C/C=C\C/C=C\CCCC(=O)OC(COC(=O)CCCCCCC/C=C\CCCC)COC(=O)CCCCCCCCCCCCC/C=C\C/C=C\C/C=C\C/C=C\C/C=C\CC. The Morgan fingerprint density at radius 2 is 0.506 bits per heavy atom. The summed E-state index contributed by atoms with van der Waals surface area (Å²) in [5.74, 6) is -0.988. The molecule has 79 heavy (non-hydrogen) atoms. The molecule has 6 nitrogen and oxygen atoms in total. The summed E-state index contributed by atoms with van der Waals surface area (Å²) in [4.78, 5) is 38.2. The van der Waals surface area contributed by atoms with E-state index < -0.39 is 6.10 Å². The molecule has 0 aliphatic rings. The van der Waals surface area contributed by atoms with E-state index in [0.717, 1.165) is 135 Å². The van der Waals surface area contributed by atoms with Crippen molar-refractivity contribution in [3.63, 3.8) is 0 Å². The smallest absolute Gasteiger partial charge is 0.306 e. The molecule has 0 saturated heterocycles. The van der Waals surface area contributed by atoms with Crippen LogP contribution in [0.3, 0.4) is 0 Å². The first kappa shape index (κ1) is 74.0. The van der Waals surface area contributed by atoms with Crippen molar-refractivity contribution in [1.82, 2.24) is 0 Å². The zero-order valence-electron chi connectivity index (χ0n) is 50.8. The first-order valence-electron chi connectivity index (χ1n) is 32.0. The normalized spacial score (nSPS) is 13.2. The molecule has 444 valence electrons. The first-order chi connectivity index (χ1) is 39.0. The predicted octanol–water partition coefficient (Wildman–Crippen LogP) is 22.1. The Morgan fingerprint density at radius 1 is 0.266 bits per heavy atom. The van der Waals surface area contributed by atoms with Crippen molar-refractivity contribution in [2.75, 3.05) is 13.2 Å². The molecule has 0 aliphatic heterocycles. The molecule has 0 aromatic rings. The minimum Gasteiger partial charge on any atom is -0.462 e. The molecular formula is C73H116O6. The summed E-state index contributed by atoms with van der Waals surface area (Å²) in [6.07, 6.45) is 95.4. The fraction of sp³-hybridized carbons (Fsp3) is 0.603. The van der Waals surface area contributed by atoms with Gasteiger partial charge in [-0.05, 0) is 135 Å². The lowest BCUT2D eigenvalue weighted by molar-refractivity contribution is -0.167. The second kappa shape index (κ2) is 65.5. The summed E-state index contributed by atoms with van der Waals surface area (Å²) < 4.78 is 16.8.